The van der Waals surface area contributed by atoms with Crippen molar-refractivity contribution in [2.24, 2.45) is 0 Å². The van der Waals surface area contributed by atoms with E-state index >= 15 is 0 Å². The van der Waals surface area contributed by atoms with Gasteiger partial charge in [-0.05, 0) is 27.1 Å². The van der Waals surface area contributed by atoms with Crippen LogP contribution in [0.25, 0.3) is 0 Å². The summed E-state index contributed by atoms with van der Waals surface area (Å²) in [7, 11) is 4.06. The third-order valence-electron chi connectivity index (χ3n) is 2.16. The third kappa shape index (κ3) is 8.27. The highest BCUT2D eigenvalue weighted by atomic mass is 16.2. The second kappa shape index (κ2) is 9.20. The maximum atomic E-state index is 11.5. The number of hydrogen-bond donors (Lipinski definition) is 1. The van der Waals surface area contributed by atoms with Crippen molar-refractivity contribution in [3.63, 3.8) is 0 Å². The number of carbonyl (C=O) groups excluding carboxylic acids is 1. The lowest BCUT2D eigenvalue weighted by Gasteiger charge is -2.22. The first-order valence-corrected chi connectivity index (χ1v) is 5.67. The van der Waals surface area contributed by atoms with E-state index in [1.807, 2.05) is 14.1 Å². The van der Waals surface area contributed by atoms with Crippen molar-refractivity contribution in [3.8, 4) is 12.3 Å². The molecule has 4 nitrogen and oxygen atoms in total. The molecule has 0 bridgehead atoms. The zero-order valence-electron chi connectivity index (χ0n) is 10.6. The molecule has 0 radical (unpaired) electrons. The minimum absolute atomic E-state index is 0.00477. The van der Waals surface area contributed by atoms with E-state index in [2.05, 4.69) is 28.0 Å². The van der Waals surface area contributed by atoms with Gasteiger partial charge in [-0.3, -0.25) is 9.69 Å². The zero-order valence-corrected chi connectivity index (χ0v) is 10.6. The molecule has 0 rings (SSSR count). The van der Waals surface area contributed by atoms with Crippen LogP contribution >= 0.6 is 0 Å². The summed E-state index contributed by atoms with van der Waals surface area (Å²) in [6, 6.07) is 0. The molecule has 0 unspecified atom stereocenters. The standard InChI is InChI=1S/C12H23N3O/c1-5-7-13-12(16)11-15(8-6-2)10-9-14(3)4/h1H,6-11H2,2-4H3,(H,13,16). The summed E-state index contributed by atoms with van der Waals surface area (Å²) in [5.41, 5.74) is 0. The van der Waals surface area contributed by atoms with Crippen molar-refractivity contribution in [1.82, 2.24) is 15.1 Å². The van der Waals surface area contributed by atoms with E-state index in [-0.39, 0.29) is 5.91 Å². The van der Waals surface area contributed by atoms with Gasteiger partial charge in [0.25, 0.3) is 0 Å². The highest BCUT2D eigenvalue weighted by molar-refractivity contribution is 5.78. The number of terminal acetylenes is 1. The maximum absolute atomic E-state index is 11.5. The van der Waals surface area contributed by atoms with Crippen molar-refractivity contribution < 1.29 is 4.79 Å². The van der Waals surface area contributed by atoms with Crippen LogP contribution in [0, 0.1) is 12.3 Å². The molecule has 1 N–H and O–H groups in total. The van der Waals surface area contributed by atoms with Crippen LogP contribution in [0.4, 0.5) is 0 Å². The molecule has 0 fully saturated rings. The fraction of sp³-hybridized carbons (Fsp3) is 0.750. The number of hydrogen-bond acceptors (Lipinski definition) is 3. The van der Waals surface area contributed by atoms with Crippen molar-refractivity contribution in [2.75, 3.05) is 46.8 Å². The summed E-state index contributed by atoms with van der Waals surface area (Å²) >= 11 is 0. The third-order valence-corrected chi connectivity index (χ3v) is 2.16. The zero-order chi connectivity index (χ0) is 12.4. The van der Waals surface area contributed by atoms with Gasteiger partial charge in [-0.2, -0.15) is 0 Å². The van der Waals surface area contributed by atoms with Crippen LogP contribution in [-0.4, -0.2) is 62.5 Å². The lowest BCUT2D eigenvalue weighted by atomic mass is 10.3. The van der Waals surface area contributed by atoms with Gasteiger partial charge in [0, 0.05) is 13.1 Å². The van der Waals surface area contributed by atoms with Gasteiger partial charge < -0.3 is 10.2 Å². The molecule has 0 saturated carbocycles. The predicted octanol–water partition coefficient (Wildman–Crippen LogP) is 0.00940. The first-order chi connectivity index (χ1) is 7.60. The summed E-state index contributed by atoms with van der Waals surface area (Å²) in [5, 5.41) is 2.68. The van der Waals surface area contributed by atoms with Crippen LogP contribution in [-0.2, 0) is 4.79 Å². The number of nitrogens with zero attached hydrogens (tertiary/aromatic N) is 2. The molecule has 0 aliphatic rings. The lowest BCUT2D eigenvalue weighted by Crippen LogP contribution is -2.40. The summed E-state index contributed by atoms with van der Waals surface area (Å²) in [4.78, 5) is 15.7. The van der Waals surface area contributed by atoms with Crippen LogP contribution < -0.4 is 5.32 Å². The number of rotatable bonds is 8. The van der Waals surface area contributed by atoms with Crippen molar-refractivity contribution in [2.45, 2.75) is 13.3 Å². The van der Waals surface area contributed by atoms with Gasteiger partial charge in [-0.25, -0.2) is 0 Å². The van der Waals surface area contributed by atoms with Crippen molar-refractivity contribution in [1.29, 1.82) is 0 Å². The van der Waals surface area contributed by atoms with E-state index in [4.69, 9.17) is 6.42 Å². The number of carbonyl (C=O) groups is 1. The van der Waals surface area contributed by atoms with Crippen LogP contribution in [0.15, 0.2) is 0 Å². The first kappa shape index (κ1) is 14.9. The van der Waals surface area contributed by atoms with E-state index < -0.39 is 0 Å². The van der Waals surface area contributed by atoms with E-state index in [9.17, 15) is 4.79 Å². The van der Waals surface area contributed by atoms with Crippen LogP contribution in [0.2, 0.25) is 0 Å². The Morgan fingerprint density at radius 1 is 1.31 bits per heavy atom. The Morgan fingerprint density at radius 2 is 2.00 bits per heavy atom. The van der Waals surface area contributed by atoms with Crippen molar-refractivity contribution >= 4 is 5.91 Å². The summed E-state index contributed by atoms with van der Waals surface area (Å²) < 4.78 is 0. The second-order valence-corrected chi connectivity index (χ2v) is 4.06. The molecule has 0 spiro atoms. The smallest absolute Gasteiger partial charge is 0.234 e. The molecule has 4 heteroatoms. The molecular formula is C12H23N3O. The van der Waals surface area contributed by atoms with E-state index in [0.717, 1.165) is 26.1 Å². The highest BCUT2D eigenvalue weighted by Crippen LogP contribution is 1.92. The van der Waals surface area contributed by atoms with E-state index in [0.29, 0.717) is 13.1 Å². The molecule has 0 aromatic rings. The predicted molar refractivity (Wildman–Crippen MR) is 67.1 cm³/mol. The van der Waals surface area contributed by atoms with Gasteiger partial charge in [0.1, 0.15) is 0 Å². The maximum Gasteiger partial charge on any atom is 0.234 e. The van der Waals surface area contributed by atoms with Crippen LogP contribution in [0.1, 0.15) is 13.3 Å². The summed E-state index contributed by atoms with van der Waals surface area (Å²) in [5.74, 6) is 2.40. The number of nitrogens with one attached hydrogen (secondary N) is 1. The molecule has 92 valence electrons. The highest BCUT2D eigenvalue weighted by Gasteiger charge is 2.09. The molecule has 0 aliphatic carbocycles. The monoisotopic (exact) mass is 225 g/mol. The van der Waals surface area contributed by atoms with Gasteiger partial charge >= 0.3 is 0 Å². The SMILES string of the molecule is C#CCNC(=O)CN(CCC)CCN(C)C. The van der Waals surface area contributed by atoms with Gasteiger partial charge in [-0.1, -0.05) is 12.8 Å². The minimum Gasteiger partial charge on any atom is -0.344 e. The number of amides is 1. The molecule has 0 atom stereocenters. The Kier molecular flexibility index (Phi) is 8.59. The molecule has 1 amide bonds. The van der Waals surface area contributed by atoms with E-state index in [1.54, 1.807) is 0 Å². The molecule has 0 aliphatic heterocycles. The van der Waals surface area contributed by atoms with Gasteiger partial charge in [-0.15, -0.1) is 6.42 Å². The Hall–Kier alpha value is -1.05. The van der Waals surface area contributed by atoms with Gasteiger partial charge in [0.2, 0.25) is 5.91 Å². The number of likely N-dealkylation sites (N-methyl/N-ethyl adjacent to an activating group) is 1. The van der Waals surface area contributed by atoms with Crippen LogP contribution in [0.3, 0.4) is 0 Å². The lowest BCUT2D eigenvalue weighted by molar-refractivity contribution is -0.122. The second-order valence-electron chi connectivity index (χ2n) is 4.06. The Morgan fingerprint density at radius 3 is 2.50 bits per heavy atom. The fourth-order valence-electron chi connectivity index (χ4n) is 1.34. The van der Waals surface area contributed by atoms with Gasteiger partial charge in [0.05, 0.1) is 13.1 Å². The molecule has 0 heterocycles. The summed E-state index contributed by atoms with van der Waals surface area (Å²) in [6.45, 7) is 5.67. The fourth-order valence-corrected chi connectivity index (χ4v) is 1.34. The van der Waals surface area contributed by atoms with Crippen molar-refractivity contribution in [3.05, 3.63) is 0 Å². The summed E-state index contributed by atoms with van der Waals surface area (Å²) in [6.07, 6.45) is 6.13. The molecule has 16 heavy (non-hydrogen) atoms. The molecule has 0 aromatic heterocycles. The molecular weight excluding hydrogens is 202 g/mol. The molecule has 0 aromatic carbocycles. The Balaban J connectivity index is 3.92. The average Bonchev–Trinajstić information content (AvgIpc) is 2.23. The quantitative estimate of drug-likeness (QED) is 0.591. The normalized spacial score (nSPS) is 10.5. The van der Waals surface area contributed by atoms with Gasteiger partial charge in [0.15, 0.2) is 0 Å². The van der Waals surface area contributed by atoms with E-state index in [1.165, 1.54) is 0 Å². The largest absolute Gasteiger partial charge is 0.344 e. The topological polar surface area (TPSA) is 35.6 Å². The van der Waals surface area contributed by atoms with Crippen LogP contribution in [0.5, 0.6) is 0 Å². The Labute approximate surface area is 99.0 Å². The molecule has 0 saturated heterocycles. The first-order valence-electron chi connectivity index (χ1n) is 5.67. The Bertz CT molecular complexity index is 233. The average molecular weight is 225 g/mol. The minimum atomic E-state index is 0.00477.